The number of Topliss-reactive ketones (excluding diaryl/α,β-unsaturated/α-hetero) is 1. The van der Waals surface area contributed by atoms with Crippen molar-refractivity contribution in [2.45, 2.75) is 39.0 Å². The number of amides is 1. The Morgan fingerprint density at radius 3 is 2.57 bits per heavy atom. The van der Waals surface area contributed by atoms with Crippen LogP contribution in [-0.2, 0) is 9.59 Å². The summed E-state index contributed by atoms with van der Waals surface area (Å²) < 4.78 is 14.8. The van der Waals surface area contributed by atoms with Crippen LogP contribution in [0.2, 0.25) is 5.02 Å². The van der Waals surface area contributed by atoms with Crippen molar-refractivity contribution in [2.24, 2.45) is 5.41 Å². The minimum Gasteiger partial charge on any atom is -0.294 e. The number of ketones is 1. The number of anilines is 1. The van der Waals surface area contributed by atoms with Gasteiger partial charge in [0.05, 0.1) is 11.3 Å². The van der Waals surface area contributed by atoms with Crippen LogP contribution in [0.25, 0.3) is 0 Å². The van der Waals surface area contributed by atoms with E-state index >= 15 is 0 Å². The molecule has 4 rings (SSSR count). The van der Waals surface area contributed by atoms with Gasteiger partial charge in [-0.15, -0.1) is 0 Å². The molecule has 1 heterocycles. The van der Waals surface area contributed by atoms with Crippen LogP contribution in [0.1, 0.15) is 50.2 Å². The lowest BCUT2D eigenvalue weighted by molar-refractivity contribution is -0.121. The molecule has 1 unspecified atom stereocenters. The zero-order chi connectivity index (χ0) is 21.6. The van der Waals surface area contributed by atoms with Gasteiger partial charge in [-0.3, -0.25) is 14.5 Å². The summed E-state index contributed by atoms with van der Waals surface area (Å²) >= 11 is 6.30. The Labute approximate surface area is 179 Å². The summed E-state index contributed by atoms with van der Waals surface area (Å²) in [5, 5.41) is 9.75. The molecule has 0 saturated carbocycles. The first-order chi connectivity index (χ1) is 14.2. The quantitative estimate of drug-likeness (QED) is 0.640. The average Bonchev–Trinajstić information content (AvgIpc) is 2.66. The normalized spacial score (nSPS) is 20.8. The monoisotopic (exact) mass is 422 g/mol. The van der Waals surface area contributed by atoms with E-state index in [-0.39, 0.29) is 34.1 Å². The van der Waals surface area contributed by atoms with E-state index in [4.69, 9.17) is 11.6 Å². The molecule has 1 amide bonds. The largest absolute Gasteiger partial charge is 0.294 e. The third-order valence-corrected chi connectivity index (χ3v) is 6.09. The van der Waals surface area contributed by atoms with Crippen molar-refractivity contribution < 1.29 is 14.0 Å². The standard InChI is InChI=1S/C24H20ClFN2O2/c1-24(2)11-19-23(20(29)12-24)15(22-16(25)7-5-8-17(22)26)10-21(30)28(19)18-9-4-3-6-14(18)13-27/h3-9,15H,10-12H2,1-2H3. The van der Waals surface area contributed by atoms with Crippen molar-refractivity contribution in [3.63, 3.8) is 0 Å². The van der Waals surface area contributed by atoms with Crippen LogP contribution >= 0.6 is 11.6 Å². The lowest BCUT2D eigenvalue weighted by Gasteiger charge is -2.43. The Balaban J connectivity index is 1.98. The van der Waals surface area contributed by atoms with Gasteiger partial charge in [-0.1, -0.05) is 43.6 Å². The highest BCUT2D eigenvalue weighted by Gasteiger charge is 2.45. The SMILES string of the molecule is CC1(C)CC(=O)C2=C(C1)N(c1ccccc1C#N)C(=O)CC2c1c(F)cccc1Cl. The van der Waals surface area contributed by atoms with Crippen LogP contribution < -0.4 is 4.90 Å². The van der Waals surface area contributed by atoms with E-state index < -0.39 is 11.7 Å². The molecule has 2 aromatic rings. The second kappa shape index (κ2) is 7.37. The number of para-hydroxylation sites is 1. The van der Waals surface area contributed by atoms with Crippen LogP contribution in [0.3, 0.4) is 0 Å². The predicted octanol–water partition coefficient (Wildman–Crippen LogP) is 5.51. The fourth-order valence-corrected chi connectivity index (χ4v) is 4.84. The van der Waals surface area contributed by atoms with Crippen molar-refractivity contribution >= 4 is 29.0 Å². The molecule has 0 radical (unpaired) electrons. The Morgan fingerprint density at radius 1 is 1.13 bits per heavy atom. The van der Waals surface area contributed by atoms with Gasteiger partial charge in [-0.25, -0.2) is 4.39 Å². The molecule has 1 atom stereocenters. The number of rotatable bonds is 2. The summed E-state index contributed by atoms with van der Waals surface area (Å²) in [6, 6.07) is 13.3. The molecule has 1 aliphatic carbocycles. The van der Waals surface area contributed by atoms with Crippen molar-refractivity contribution in [3.05, 3.63) is 75.7 Å². The molecule has 0 saturated heterocycles. The maximum Gasteiger partial charge on any atom is 0.232 e. The van der Waals surface area contributed by atoms with E-state index in [1.807, 2.05) is 13.8 Å². The van der Waals surface area contributed by atoms with E-state index in [0.717, 1.165) is 0 Å². The number of hydrogen-bond donors (Lipinski definition) is 0. The van der Waals surface area contributed by atoms with E-state index in [1.165, 1.54) is 17.0 Å². The van der Waals surface area contributed by atoms with Crippen molar-refractivity contribution in [1.29, 1.82) is 5.26 Å². The van der Waals surface area contributed by atoms with Gasteiger partial charge < -0.3 is 0 Å². The summed E-state index contributed by atoms with van der Waals surface area (Å²) in [7, 11) is 0. The fourth-order valence-electron chi connectivity index (χ4n) is 4.55. The van der Waals surface area contributed by atoms with E-state index in [1.54, 1.807) is 30.3 Å². The van der Waals surface area contributed by atoms with Crippen molar-refractivity contribution in [3.8, 4) is 6.07 Å². The summed E-state index contributed by atoms with van der Waals surface area (Å²) in [6.07, 6.45) is 0.671. The molecule has 30 heavy (non-hydrogen) atoms. The first-order valence-corrected chi connectivity index (χ1v) is 10.1. The molecule has 4 nitrogen and oxygen atoms in total. The number of carbonyl (C=O) groups excluding carboxylic acids is 2. The van der Waals surface area contributed by atoms with Crippen LogP contribution in [0.5, 0.6) is 0 Å². The van der Waals surface area contributed by atoms with Gasteiger partial charge in [-0.2, -0.15) is 5.26 Å². The molecule has 0 fully saturated rings. The number of hydrogen-bond acceptors (Lipinski definition) is 3. The number of carbonyl (C=O) groups is 2. The zero-order valence-electron chi connectivity index (χ0n) is 16.7. The first-order valence-electron chi connectivity index (χ1n) is 9.76. The highest BCUT2D eigenvalue weighted by atomic mass is 35.5. The second-order valence-corrected chi connectivity index (χ2v) is 8.96. The number of nitriles is 1. The van der Waals surface area contributed by atoms with E-state index in [0.29, 0.717) is 35.4 Å². The number of nitrogens with zero attached hydrogens (tertiary/aromatic N) is 2. The van der Waals surface area contributed by atoms with Crippen LogP contribution in [0, 0.1) is 22.6 Å². The van der Waals surface area contributed by atoms with Crippen LogP contribution in [0.4, 0.5) is 10.1 Å². The molecule has 2 aromatic carbocycles. The predicted molar refractivity (Wildman–Crippen MR) is 112 cm³/mol. The van der Waals surface area contributed by atoms with Crippen LogP contribution in [0.15, 0.2) is 53.7 Å². The second-order valence-electron chi connectivity index (χ2n) is 8.55. The maximum absolute atomic E-state index is 14.8. The number of halogens is 2. The highest BCUT2D eigenvalue weighted by molar-refractivity contribution is 6.31. The van der Waals surface area contributed by atoms with Gasteiger partial charge >= 0.3 is 0 Å². The van der Waals surface area contributed by atoms with Gasteiger partial charge in [0.1, 0.15) is 11.9 Å². The molecule has 0 spiro atoms. The lowest BCUT2D eigenvalue weighted by atomic mass is 9.69. The highest BCUT2D eigenvalue weighted by Crippen LogP contribution is 2.49. The fraction of sp³-hybridized carbons (Fsp3) is 0.292. The summed E-state index contributed by atoms with van der Waals surface area (Å²) in [4.78, 5) is 28.1. The molecule has 1 aliphatic heterocycles. The Morgan fingerprint density at radius 2 is 1.87 bits per heavy atom. The maximum atomic E-state index is 14.8. The van der Waals surface area contributed by atoms with Crippen molar-refractivity contribution in [1.82, 2.24) is 0 Å². The molecule has 2 aliphatic rings. The topological polar surface area (TPSA) is 61.2 Å². The van der Waals surface area contributed by atoms with Crippen molar-refractivity contribution in [2.75, 3.05) is 4.90 Å². The minimum absolute atomic E-state index is 0.0918. The Bertz CT molecular complexity index is 1130. The molecular formula is C24H20ClFN2O2. The summed E-state index contributed by atoms with van der Waals surface area (Å²) in [6.45, 7) is 3.93. The summed E-state index contributed by atoms with van der Waals surface area (Å²) in [5.74, 6) is -1.67. The van der Waals surface area contributed by atoms with Gasteiger partial charge in [0.2, 0.25) is 5.91 Å². The number of allylic oxidation sites excluding steroid dienone is 2. The Hall–Kier alpha value is -2.97. The zero-order valence-corrected chi connectivity index (χ0v) is 17.5. The smallest absolute Gasteiger partial charge is 0.232 e. The van der Waals surface area contributed by atoms with E-state index in [2.05, 4.69) is 6.07 Å². The van der Waals surface area contributed by atoms with E-state index in [9.17, 15) is 19.2 Å². The summed E-state index contributed by atoms with van der Waals surface area (Å²) in [5.41, 5.74) is 1.57. The van der Waals surface area contributed by atoms with Gasteiger partial charge in [0.15, 0.2) is 5.78 Å². The molecular weight excluding hydrogens is 403 g/mol. The number of benzene rings is 2. The molecule has 0 bridgehead atoms. The Kier molecular flexibility index (Phi) is 4.99. The third kappa shape index (κ3) is 3.32. The van der Waals surface area contributed by atoms with Gasteiger partial charge in [-0.05, 0) is 36.1 Å². The average molecular weight is 423 g/mol. The molecule has 0 aromatic heterocycles. The molecule has 6 heteroatoms. The van der Waals surface area contributed by atoms with Gasteiger partial charge in [0.25, 0.3) is 0 Å². The lowest BCUT2D eigenvalue weighted by Crippen LogP contribution is -2.44. The molecule has 0 N–H and O–H groups in total. The first kappa shape index (κ1) is 20.3. The van der Waals surface area contributed by atoms with Gasteiger partial charge in [0, 0.05) is 40.6 Å². The third-order valence-electron chi connectivity index (χ3n) is 5.76. The molecule has 152 valence electrons. The van der Waals surface area contributed by atoms with Crippen LogP contribution in [-0.4, -0.2) is 11.7 Å². The minimum atomic E-state index is -0.740.